The highest BCUT2D eigenvalue weighted by atomic mass is 16.4. The van der Waals surface area contributed by atoms with Gasteiger partial charge in [0, 0.05) is 19.4 Å². The molecule has 0 spiro atoms. The molecule has 1 fully saturated rings. The van der Waals surface area contributed by atoms with E-state index >= 15 is 0 Å². The van der Waals surface area contributed by atoms with Crippen LogP contribution in [-0.4, -0.2) is 64.4 Å². The minimum atomic E-state index is -1.07. The van der Waals surface area contributed by atoms with E-state index in [1.807, 2.05) is 91.0 Å². The number of nitrogens with one attached hydrogen (secondary N) is 2. The van der Waals surface area contributed by atoms with Gasteiger partial charge in [-0.05, 0) is 36.0 Å². The molecule has 4 rings (SSSR count). The van der Waals surface area contributed by atoms with Gasteiger partial charge in [-0.25, -0.2) is 4.79 Å². The SMILES string of the molecule is N[C@@H](Cc1ccccc1)C(=O)N[C@@H](Cc1ccccc1)C(=O)N[C@@H](Cc1ccccc1)C(=O)N1CCC[C@H]1C(=O)O. The topological polar surface area (TPSA) is 142 Å². The minimum absolute atomic E-state index is 0.174. The predicted molar refractivity (Wildman–Crippen MR) is 155 cm³/mol. The molecule has 0 bridgehead atoms. The molecule has 3 aromatic rings. The molecule has 5 N–H and O–H groups in total. The van der Waals surface area contributed by atoms with Gasteiger partial charge in [-0.1, -0.05) is 91.0 Å². The van der Waals surface area contributed by atoms with Gasteiger partial charge in [0.1, 0.15) is 18.1 Å². The molecule has 3 amide bonds. The maximum atomic E-state index is 13.7. The summed E-state index contributed by atoms with van der Waals surface area (Å²) >= 11 is 0. The molecule has 9 nitrogen and oxygen atoms in total. The fourth-order valence-electron chi connectivity index (χ4n) is 5.11. The summed E-state index contributed by atoms with van der Waals surface area (Å²) in [5, 5.41) is 15.3. The van der Waals surface area contributed by atoms with Crippen LogP contribution in [0.15, 0.2) is 91.0 Å². The van der Waals surface area contributed by atoms with Gasteiger partial charge < -0.3 is 26.4 Å². The molecule has 0 radical (unpaired) electrons. The number of rotatable bonds is 12. The zero-order chi connectivity index (χ0) is 29.2. The van der Waals surface area contributed by atoms with Gasteiger partial charge in [0.2, 0.25) is 17.7 Å². The van der Waals surface area contributed by atoms with E-state index in [2.05, 4.69) is 10.6 Å². The van der Waals surface area contributed by atoms with E-state index < -0.39 is 47.9 Å². The third-order valence-electron chi connectivity index (χ3n) is 7.27. The molecule has 0 aromatic heterocycles. The molecule has 4 atom stereocenters. The van der Waals surface area contributed by atoms with Gasteiger partial charge in [0.25, 0.3) is 0 Å². The number of nitrogens with zero attached hydrogens (tertiary/aromatic N) is 1. The first-order valence-electron chi connectivity index (χ1n) is 13.8. The summed E-state index contributed by atoms with van der Waals surface area (Å²) in [6, 6.07) is 24.0. The van der Waals surface area contributed by atoms with Crippen LogP contribution >= 0.6 is 0 Å². The smallest absolute Gasteiger partial charge is 0.326 e. The third-order valence-corrected chi connectivity index (χ3v) is 7.27. The fourth-order valence-corrected chi connectivity index (χ4v) is 5.11. The molecule has 1 aliphatic rings. The van der Waals surface area contributed by atoms with Crippen LogP contribution in [0.4, 0.5) is 0 Å². The maximum absolute atomic E-state index is 13.7. The van der Waals surface area contributed by atoms with Crippen molar-refractivity contribution in [2.24, 2.45) is 5.73 Å². The first-order valence-corrected chi connectivity index (χ1v) is 13.8. The van der Waals surface area contributed by atoms with Crippen LogP contribution in [0.5, 0.6) is 0 Å². The second-order valence-electron chi connectivity index (χ2n) is 10.3. The molecule has 0 saturated carbocycles. The summed E-state index contributed by atoms with van der Waals surface area (Å²) < 4.78 is 0. The number of hydrogen-bond acceptors (Lipinski definition) is 5. The zero-order valence-electron chi connectivity index (χ0n) is 22.8. The Kier molecular flexibility index (Phi) is 10.2. The van der Waals surface area contributed by atoms with Crippen LogP contribution < -0.4 is 16.4 Å². The summed E-state index contributed by atoms with van der Waals surface area (Å²) in [6.07, 6.45) is 1.59. The molecule has 3 aromatic carbocycles. The van der Waals surface area contributed by atoms with Crippen molar-refractivity contribution in [3.8, 4) is 0 Å². The first kappa shape index (κ1) is 29.5. The Hall–Kier alpha value is -4.50. The number of benzene rings is 3. The number of carboxylic acid groups (broad SMARTS) is 1. The lowest BCUT2D eigenvalue weighted by Crippen LogP contribution is -2.58. The number of nitrogens with two attached hydrogens (primary N) is 1. The van der Waals surface area contributed by atoms with E-state index in [4.69, 9.17) is 5.73 Å². The van der Waals surface area contributed by atoms with E-state index in [-0.39, 0.29) is 12.8 Å². The van der Waals surface area contributed by atoms with Crippen LogP contribution in [-0.2, 0) is 38.4 Å². The normalized spacial score (nSPS) is 16.8. The molecule has 0 aliphatic carbocycles. The number of likely N-dealkylation sites (tertiary alicyclic amines) is 1. The standard InChI is InChI=1S/C32H36N4O5/c33-25(19-22-11-4-1-5-12-22)29(37)34-26(20-23-13-6-2-7-14-23)30(38)35-27(21-24-15-8-3-9-16-24)31(39)36-18-10-17-28(36)32(40)41/h1-9,11-16,25-28H,10,17-21,33H2,(H,34,37)(H,35,38)(H,40,41)/t25-,26-,27-,28-/m0/s1. The molecule has 1 saturated heterocycles. The Morgan fingerprint density at radius 1 is 0.732 bits per heavy atom. The summed E-state index contributed by atoms with van der Waals surface area (Å²) in [4.78, 5) is 53.7. The van der Waals surface area contributed by atoms with Crippen molar-refractivity contribution in [2.45, 2.75) is 56.3 Å². The number of carbonyl (C=O) groups is 4. The molecule has 1 heterocycles. The highest BCUT2D eigenvalue weighted by Crippen LogP contribution is 2.20. The number of aliphatic carboxylic acids is 1. The summed E-state index contributed by atoms with van der Waals surface area (Å²) in [6.45, 7) is 0.301. The monoisotopic (exact) mass is 556 g/mol. The lowest BCUT2D eigenvalue weighted by Gasteiger charge is -2.29. The van der Waals surface area contributed by atoms with Gasteiger partial charge in [-0.15, -0.1) is 0 Å². The summed E-state index contributed by atoms with van der Waals surface area (Å²) in [5.74, 6) is -2.56. The molecule has 41 heavy (non-hydrogen) atoms. The number of amides is 3. The van der Waals surface area contributed by atoms with Crippen molar-refractivity contribution in [3.05, 3.63) is 108 Å². The van der Waals surface area contributed by atoms with Crippen molar-refractivity contribution in [3.63, 3.8) is 0 Å². The Morgan fingerprint density at radius 2 is 1.20 bits per heavy atom. The van der Waals surface area contributed by atoms with Crippen molar-refractivity contribution >= 4 is 23.7 Å². The van der Waals surface area contributed by atoms with Crippen molar-refractivity contribution in [1.29, 1.82) is 0 Å². The fraction of sp³-hybridized carbons (Fsp3) is 0.312. The molecular weight excluding hydrogens is 520 g/mol. The van der Waals surface area contributed by atoms with Gasteiger partial charge >= 0.3 is 5.97 Å². The van der Waals surface area contributed by atoms with Crippen molar-refractivity contribution in [2.75, 3.05) is 6.54 Å². The largest absolute Gasteiger partial charge is 0.480 e. The lowest BCUT2D eigenvalue weighted by molar-refractivity contribution is -0.149. The quantitative estimate of drug-likeness (QED) is 0.269. The van der Waals surface area contributed by atoms with Gasteiger partial charge in [-0.2, -0.15) is 0 Å². The van der Waals surface area contributed by atoms with Gasteiger partial charge in [-0.3, -0.25) is 14.4 Å². The van der Waals surface area contributed by atoms with E-state index in [1.54, 1.807) is 0 Å². The number of carboxylic acids is 1. The summed E-state index contributed by atoms with van der Waals surface area (Å²) in [7, 11) is 0. The zero-order valence-corrected chi connectivity index (χ0v) is 22.8. The second-order valence-corrected chi connectivity index (χ2v) is 10.3. The molecule has 1 aliphatic heterocycles. The maximum Gasteiger partial charge on any atom is 0.326 e. The molecular formula is C32H36N4O5. The van der Waals surface area contributed by atoms with Crippen LogP contribution in [0, 0.1) is 0 Å². The average molecular weight is 557 g/mol. The Bertz CT molecular complexity index is 1320. The number of carbonyl (C=O) groups excluding carboxylic acids is 3. The average Bonchev–Trinajstić information content (AvgIpc) is 3.48. The highest BCUT2D eigenvalue weighted by Gasteiger charge is 2.38. The first-order chi connectivity index (χ1) is 19.8. The minimum Gasteiger partial charge on any atom is -0.480 e. The molecule has 214 valence electrons. The molecule has 9 heteroatoms. The predicted octanol–water partition coefficient (Wildman–Crippen LogP) is 2.09. The van der Waals surface area contributed by atoms with E-state index in [1.165, 1.54) is 4.90 Å². The van der Waals surface area contributed by atoms with E-state index in [0.29, 0.717) is 25.8 Å². The Morgan fingerprint density at radius 3 is 1.71 bits per heavy atom. The van der Waals surface area contributed by atoms with Crippen molar-refractivity contribution < 1.29 is 24.3 Å². The Labute approximate surface area is 239 Å². The van der Waals surface area contributed by atoms with Crippen LogP contribution in [0.1, 0.15) is 29.5 Å². The third kappa shape index (κ3) is 8.25. The highest BCUT2D eigenvalue weighted by molar-refractivity contribution is 5.94. The second kappa shape index (κ2) is 14.2. The molecule has 0 unspecified atom stereocenters. The van der Waals surface area contributed by atoms with Crippen LogP contribution in [0.25, 0.3) is 0 Å². The van der Waals surface area contributed by atoms with Gasteiger partial charge in [0.05, 0.1) is 6.04 Å². The van der Waals surface area contributed by atoms with Gasteiger partial charge in [0.15, 0.2) is 0 Å². The van der Waals surface area contributed by atoms with E-state index in [0.717, 1.165) is 16.7 Å². The van der Waals surface area contributed by atoms with Crippen molar-refractivity contribution in [1.82, 2.24) is 15.5 Å². The number of hydrogen-bond donors (Lipinski definition) is 4. The Balaban J connectivity index is 1.54. The summed E-state index contributed by atoms with van der Waals surface area (Å²) in [5.41, 5.74) is 8.73. The lowest BCUT2D eigenvalue weighted by atomic mass is 10.0. The van der Waals surface area contributed by atoms with E-state index in [9.17, 15) is 24.3 Å². The van der Waals surface area contributed by atoms with Crippen LogP contribution in [0.2, 0.25) is 0 Å². The van der Waals surface area contributed by atoms with Crippen LogP contribution in [0.3, 0.4) is 0 Å².